The maximum absolute atomic E-state index is 5.46. The zero-order chi connectivity index (χ0) is 42.1. The van der Waals surface area contributed by atoms with Gasteiger partial charge in [-0.1, -0.05) is 164 Å². The molecule has 3 heterocycles. The number of rotatable bonds is 6. The fourth-order valence-corrected chi connectivity index (χ4v) is 9.93. The van der Waals surface area contributed by atoms with E-state index in [1.54, 1.807) is 0 Å². The lowest BCUT2D eigenvalue weighted by molar-refractivity contribution is 1.01. The predicted molar refractivity (Wildman–Crippen MR) is 267 cm³/mol. The van der Waals surface area contributed by atoms with Crippen molar-refractivity contribution in [3.8, 4) is 56.3 Å². The van der Waals surface area contributed by atoms with Gasteiger partial charge in [0, 0.05) is 38.2 Å². The van der Waals surface area contributed by atoms with E-state index in [-0.39, 0.29) is 0 Å². The molecule has 13 rings (SSSR count). The second-order valence-corrected chi connectivity index (χ2v) is 16.6. The summed E-state index contributed by atoms with van der Waals surface area (Å²) in [5, 5.41) is 8.33. The molecule has 0 radical (unpaired) electrons. The predicted octanol–water partition coefficient (Wildman–Crippen LogP) is 15.6. The van der Waals surface area contributed by atoms with Crippen LogP contribution in [0.2, 0.25) is 0 Å². The van der Waals surface area contributed by atoms with Gasteiger partial charge in [0.05, 0.1) is 33.3 Å². The van der Waals surface area contributed by atoms with Crippen LogP contribution in [0.5, 0.6) is 0 Å². The van der Waals surface area contributed by atoms with E-state index in [0.29, 0.717) is 5.95 Å². The molecule has 13 aromatic rings. The quantitative estimate of drug-likeness (QED) is 0.168. The Morgan fingerprint density at radius 3 is 1.59 bits per heavy atom. The molecule has 4 nitrogen and oxygen atoms in total. The third-order valence-corrected chi connectivity index (χ3v) is 12.9. The average Bonchev–Trinajstić information content (AvgIpc) is 3.89. The van der Waals surface area contributed by atoms with Gasteiger partial charge in [-0.15, -0.1) is 0 Å². The second kappa shape index (κ2) is 14.5. The standard InChI is InChI=1S/C60H38N4/c1-3-15-39(16-4-1)41-18-13-19-42(35-41)43-20-14-21-46(36-43)59-50-26-9-11-27-53(50)61-60(62-59)64-54-28-12-10-25-49(54)51-37-44(30-32-55(51)64)45-31-33-56-52(38-45)58-48-24-8-7-17-40(48)29-34-57(58)63(56)47-22-5-2-6-23-47/h1-38H. The zero-order valence-electron chi connectivity index (χ0n) is 34.7. The lowest BCUT2D eigenvalue weighted by Gasteiger charge is -2.13. The molecule has 0 saturated carbocycles. The van der Waals surface area contributed by atoms with E-state index in [1.807, 2.05) is 0 Å². The molecular weight excluding hydrogens is 777 g/mol. The number of hydrogen-bond donors (Lipinski definition) is 0. The fourth-order valence-electron chi connectivity index (χ4n) is 9.93. The second-order valence-electron chi connectivity index (χ2n) is 16.6. The van der Waals surface area contributed by atoms with E-state index in [9.17, 15) is 0 Å². The van der Waals surface area contributed by atoms with Gasteiger partial charge in [0.15, 0.2) is 0 Å². The first-order valence-corrected chi connectivity index (χ1v) is 21.8. The molecule has 64 heavy (non-hydrogen) atoms. The van der Waals surface area contributed by atoms with Crippen LogP contribution in [0.3, 0.4) is 0 Å². The highest BCUT2D eigenvalue weighted by atomic mass is 15.2. The van der Waals surface area contributed by atoms with E-state index < -0.39 is 0 Å². The van der Waals surface area contributed by atoms with Crippen LogP contribution in [0.4, 0.5) is 0 Å². The van der Waals surface area contributed by atoms with Crippen LogP contribution in [0.25, 0.3) is 122 Å². The van der Waals surface area contributed by atoms with Gasteiger partial charge in [-0.05, 0) is 111 Å². The highest BCUT2D eigenvalue weighted by molar-refractivity contribution is 6.22. The summed E-state index contributed by atoms with van der Waals surface area (Å²) in [6.45, 7) is 0. The van der Waals surface area contributed by atoms with Crippen molar-refractivity contribution in [2.45, 2.75) is 0 Å². The number of para-hydroxylation sites is 3. The van der Waals surface area contributed by atoms with Gasteiger partial charge < -0.3 is 4.57 Å². The van der Waals surface area contributed by atoms with Crippen LogP contribution in [-0.2, 0) is 0 Å². The van der Waals surface area contributed by atoms with Crippen LogP contribution >= 0.6 is 0 Å². The molecule has 0 aliphatic heterocycles. The van der Waals surface area contributed by atoms with Gasteiger partial charge in [-0.2, -0.15) is 0 Å². The fraction of sp³-hybridized carbons (Fsp3) is 0. The maximum Gasteiger partial charge on any atom is 0.235 e. The minimum Gasteiger partial charge on any atom is -0.309 e. The normalized spacial score (nSPS) is 11.8. The van der Waals surface area contributed by atoms with E-state index in [1.165, 1.54) is 49.3 Å². The lowest BCUT2D eigenvalue weighted by Crippen LogP contribution is -2.03. The van der Waals surface area contributed by atoms with Crippen LogP contribution in [0.15, 0.2) is 231 Å². The SMILES string of the molecule is c1ccc(-c2cccc(-c3cccc(-c4nc(-n5c6ccccc6c6cc(-c7ccc8c(c7)c7c9ccccc9ccc7n8-c7ccccc7)ccc65)nc5ccccc45)c3)c2)cc1. The Morgan fingerprint density at radius 1 is 0.281 bits per heavy atom. The first-order valence-electron chi connectivity index (χ1n) is 21.8. The summed E-state index contributed by atoms with van der Waals surface area (Å²) in [4.78, 5) is 10.7. The van der Waals surface area contributed by atoms with Crippen molar-refractivity contribution in [3.05, 3.63) is 231 Å². The topological polar surface area (TPSA) is 35.6 Å². The van der Waals surface area contributed by atoms with Gasteiger partial charge in [-0.25, -0.2) is 9.97 Å². The van der Waals surface area contributed by atoms with Crippen molar-refractivity contribution in [1.82, 2.24) is 19.1 Å². The maximum atomic E-state index is 5.46. The number of aromatic nitrogens is 4. The van der Waals surface area contributed by atoms with Crippen LogP contribution in [-0.4, -0.2) is 19.1 Å². The summed E-state index contributed by atoms with van der Waals surface area (Å²) < 4.78 is 4.63. The van der Waals surface area contributed by atoms with Crippen LogP contribution in [0, 0.1) is 0 Å². The molecule has 10 aromatic carbocycles. The van der Waals surface area contributed by atoms with Crippen molar-refractivity contribution in [1.29, 1.82) is 0 Å². The molecule has 0 spiro atoms. The number of fused-ring (bicyclic) bond motifs is 9. The molecule has 3 aromatic heterocycles. The smallest absolute Gasteiger partial charge is 0.235 e. The lowest BCUT2D eigenvalue weighted by atomic mass is 9.97. The molecule has 0 aliphatic carbocycles. The third-order valence-electron chi connectivity index (χ3n) is 12.9. The molecule has 298 valence electrons. The first-order chi connectivity index (χ1) is 31.7. The highest BCUT2D eigenvalue weighted by Gasteiger charge is 2.20. The van der Waals surface area contributed by atoms with E-state index in [0.717, 1.165) is 66.3 Å². The van der Waals surface area contributed by atoms with Gasteiger partial charge >= 0.3 is 0 Å². The van der Waals surface area contributed by atoms with Crippen molar-refractivity contribution in [3.63, 3.8) is 0 Å². The molecule has 0 atom stereocenters. The Bertz CT molecular complexity index is 3950. The van der Waals surface area contributed by atoms with Crippen molar-refractivity contribution in [2.75, 3.05) is 0 Å². The highest BCUT2D eigenvalue weighted by Crippen LogP contribution is 2.41. The monoisotopic (exact) mass is 814 g/mol. The summed E-state index contributed by atoms with van der Waals surface area (Å²) in [6, 6.07) is 82.8. The largest absolute Gasteiger partial charge is 0.309 e. The summed E-state index contributed by atoms with van der Waals surface area (Å²) in [6.07, 6.45) is 0. The summed E-state index contributed by atoms with van der Waals surface area (Å²) in [5.41, 5.74) is 15.5. The molecule has 0 amide bonds. The minimum atomic E-state index is 0.645. The van der Waals surface area contributed by atoms with E-state index >= 15 is 0 Å². The number of hydrogen-bond acceptors (Lipinski definition) is 2. The molecule has 0 aliphatic rings. The van der Waals surface area contributed by atoms with Crippen molar-refractivity contribution in [2.24, 2.45) is 0 Å². The molecule has 0 N–H and O–H groups in total. The van der Waals surface area contributed by atoms with Gasteiger partial charge in [0.2, 0.25) is 5.95 Å². The summed E-state index contributed by atoms with van der Waals surface area (Å²) in [5.74, 6) is 0.645. The van der Waals surface area contributed by atoms with Gasteiger partial charge in [0.1, 0.15) is 0 Å². The van der Waals surface area contributed by atoms with Crippen molar-refractivity contribution < 1.29 is 0 Å². The molecule has 0 bridgehead atoms. The minimum absolute atomic E-state index is 0.645. The van der Waals surface area contributed by atoms with E-state index in [2.05, 4.69) is 240 Å². The molecule has 0 saturated heterocycles. The number of benzene rings is 10. The molecular formula is C60H38N4. The molecule has 4 heteroatoms. The van der Waals surface area contributed by atoms with E-state index in [4.69, 9.17) is 9.97 Å². The summed E-state index contributed by atoms with van der Waals surface area (Å²) >= 11 is 0. The van der Waals surface area contributed by atoms with Gasteiger partial charge in [-0.3, -0.25) is 4.57 Å². The van der Waals surface area contributed by atoms with Gasteiger partial charge in [0.25, 0.3) is 0 Å². The zero-order valence-corrected chi connectivity index (χ0v) is 34.7. The van der Waals surface area contributed by atoms with Crippen LogP contribution in [0.1, 0.15) is 0 Å². The third kappa shape index (κ3) is 5.77. The Morgan fingerprint density at radius 2 is 0.812 bits per heavy atom. The Labute approximate surface area is 369 Å². The Kier molecular flexibility index (Phi) is 8.18. The Hall–Kier alpha value is -8.60. The first kappa shape index (κ1) is 36.1. The van der Waals surface area contributed by atoms with Crippen molar-refractivity contribution >= 4 is 65.3 Å². The molecule has 0 unspecified atom stereocenters. The Balaban J connectivity index is 0.967. The number of nitrogens with zero attached hydrogens (tertiary/aromatic N) is 4. The molecule has 0 fully saturated rings. The summed E-state index contributed by atoms with van der Waals surface area (Å²) in [7, 11) is 0. The van der Waals surface area contributed by atoms with Crippen LogP contribution < -0.4 is 0 Å². The average molecular weight is 815 g/mol.